The Kier molecular flexibility index (Phi) is 4.76. The average molecular weight is 331 g/mol. The summed E-state index contributed by atoms with van der Waals surface area (Å²) in [6.07, 6.45) is 0.833. The van der Waals surface area contributed by atoms with E-state index in [1.54, 1.807) is 17.9 Å². The van der Waals surface area contributed by atoms with Gasteiger partial charge in [0.15, 0.2) is 0 Å². The second kappa shape index (κ2) is 6.34. The van der Waals surface area contributed by atoms with Gasteiger partial charge in [0.25, 0.3) is 0 Å². The number of carbonyl (C=O) groups excluding carboxylic acids is 1. The summed E-state index contributed by atoms with van der Waals surface area (Å²) >= 11 is 3.12. The molecule has 4 nitrogen and oxygen atoms in total. The van der Waals surface area contributed by atoms with Gasteiger partial charge in [0.05, 0.1) is 11.1 Å². The first-order valence-electron chi connectivity index (χ1n) is 6.17. The summed E-state index contributed by atoms with van der Waals surface area (Å²) in [5, 5.41) is 2.81. The topological polar surface area (TPSA) is 41.6 Å². The number of anilines is 1. The van der Waals surface area contributed by atoms with Gasteiger partial charge in [-0.25, -0.2) is 9.18 Å². The van der Waals surface area contributed by atoms with Gasteiger partial charge in [0.2, 0.25) is 0 Å². The number of ether oxygens (including phenoxy) is 1. The maximum Gasteiger partial charge on any atom is 0.321 e. The van der Waals surface area contributed by atoms with Gasteiger partial charge in [0, 0.05) is 25.4 Å². The number of nitrogens with one attached hydrogen (secondary N) is 1. The quantitative estimate of drug-likeness (QED) is 0.859. The number of hydrogen-bond donors (Lipinski definition) is 1. The molecular weight excluding hydrogens is 315 g/mol. The standard InChI is InChI=1S/C13H16BrFN2O2/c1-9-7-11(15)10(14)8-12(9)16-13(18)17-3-2-5-19-6-4-17/h7-8H,2-6H2,1H3,(H,16,18). The highest BCUT2D eigenvalue weighted by atomic mass is 79.9. The number of aryl methyl sites for hydroxylation is 1. The molecular formula is C13H16BrFN2O2. The molecule has 1 aliphatic rings. The molecule has 0 unspecified atom stereocenters. The molecule has 0 aromatic heterocycles. The fraction of sp³-hybridized carbons (Fsp3) is 0.462. The fourth-order valence-corrected chi connectivity index (χ4v) is 2.27. The highest BCUT2D eigenvalue weighted by molar-refractivity contribution is 9.10. The largest absolute Gasteiger partial charge is 0.380 e. The maximum absolute atomic E-state index is 13.3. The van der Waals surface area contributed by atoms with Crippen LogP contribution in [0, 0.1) is 12.7 Å². The molecule has 2 rings (SSSR count). The van der Waals surface area contributed by atoms with Crippen molar-refractivity contribution < 1.29 is 13.9 Å². The van der Waals surface area contributed by atoms with Gasteiger partial charge >= 0.3 is 6.03 Å². The van der Waals surface area contributed by atoms with Gasteiger partial charge < -0.3 is 15.0 Å². The minimum atomic E-state index is -0.335. The number of carbonyl (C=O) groups is 1. The molecule has 1 fully saturated rings. The maximum atomic E-state index is 13.3. The molecule has 1 N–H and O–H groups in total. The van der Waals surface area contributed by atoms with E-state index < -0.39 is 0 Å². The first kappa shape index (κ1) is 14.3. The van der Waals surface area contributed by atoms with Crippen LogP contribution in [-0.4, -0.2) is 37.2 Å². The Morgan fingerprint density at radius 2 is 2.21 bits per heavy atom. The summed E-state index contributed by atoms with van der Waals surface area (Å²) < 4.78 is 19.0. The number of halogens is 2. The summed E-state index contributed by atoms with van der Waals surface area (Å²) in [5.41, 5.74) is 1.31. The summed E-state index contributed by atoms with van der Waals surface area (Å²) in [5.74, 6) is -0.335. The molecule has 1 saturated heterocycles. The van der Waals surface area contributed by atoms with Crippen LogP contribution in [-0.2, 0) is 4.74 Å². The van der Waals surface area contributed by atoms with Crippen LogP contribution >= 0.6 is 15.9 Å². The second-order valence-electron chi connectivity index (χ2n) is 4.46. The molecule has 1 aromatic rings. The van der Waals surface area contributed by atoms with Gasteiger partial charge in [-0.3, -0.25) is 0 Å². The van der Waals surface area contributed by atoms with Crippen LogP contribution in [0.25, 0.3) is 0 Å². The molecule has 0 bridgehead atoms. The van der Waals surface area contributed by atoms with Crippen molar-refractivity contribution in [1.29, 1.82) is 0 Å². The number of benzene rings is 1. The monoisotopic (exact) mass is 330 g/mol. The van der Waals surface area contributed by atoms with Gasteiger partial charge in [-0.1, -0.05) is 0 Å². The lowest BCUT2D eigenvalue weighted by molar-refractivity contribution is 0.144. The second-order valence-corrected chi connectivity index (χ2v) is 5.32. The summed E-state index contributed by atoms with van der Waals surface area (Å²) in [6.45, 7) is 4.25. The van der Waals surface area contributed by atoms with Gasteiger partial charge in [0.1, 0.15) is 5.82 Å². The Balaban J connectivity index is 2.07. The molecule has 1 aliphatic heterocycles. The molecule has 1 aromatic carbocycles. The average Bonchev–Trinajstić information content (AvgIpc) is 2.64. The van der Waals surface area contributed by atoms with Gasteiger partial charge in [-0.05, 0) is 47.0 Å². The Morgan fingerprint density at radius 3 is 3.00 bits per heavy atom. The van der Waals surface area contributed by atoms with Crippen LogP contribution in [0.3, 0.4) is 0 Å². The van der Waals surface area contributed by atoms with Crippen LogP contribution in [0.5, 0.6) is 0 Å². The molecule has 0 aliphatic carbocycles. The molecule has 0 saturated carbocycles. The lowest BCUT2D eigenvalue weighted by atomic mass is 10.2. The molecule has 104 valence electrons. The smallest absolute Gasteiger partial charge is 0.321 e. The van der Waals surface area contributed by atoms with Crippen LogP contribution in [0.15, 0.2) is 16.6 Å². The highest BCUT2D eigenvalue weighted by Gasteiger charge is 2.17. The Labute approximate surface area is 120 Å². The van der Waals surface area contributed by atoms with E-state index in [1.165, 1.54) is 6.07 Å². The van der Waals surface area contributed by atoms with Crippen molar-refractivity contribution in [2.24, 2.45) is 0 Å². The van der Waals surface area contributed by atoms with Gasteiger partial charge in [-0.2, -0.15) is 0 Å². The van der Waals surface area contributed by atoms with E-state index in [0.717, 1.165) is 6.42 Å². The predicted octanol–water partition coefficient (Wildman–Crippen LogP) is 3.15. The third-order valence-corrected chi connectivity index (χ3v) is 3.63. The van der Waals surface area contributed by atoms with E-state index in [9.17, 15) is 9.18 Å². The zero-order valence-electron chi connectivity index (χ0n) is 10.7. The van der Waals surface area contributed by atoms with Crippen LogP contribution < -0.4 is 5.32 Å². The molecule has 0 radical (unpaired) electrons. The zero-order valence-corrected chi connectivity index (χ0v) is 12.3. The van der Waals surface area contributed by atoms with E-state index in [4.69, 9.17) is 4.74 Å². The first-order chi connectivity index (χ1) is 9.08. The van der Waals surface area contributed by atoms with E-state index >= 15 is 0 Å². The molecule has 0 spiro atoms. The number of nitrogens with zero attached hydrogens (tertiary/aromatic N) is 1. The van der Waals surface area contributed by atoms with E-state index in [2.05, 4.69) is 21.2 Å². The van der Waals surface area contributed by atoms with Crippen LogP contribution in [0.1, 0.15) is 12.0 Å². The van der Waals surface area contributed by atoms with E-state index in [1.807, 2.05) is 0 Å². The third kappa shape index (κ3) is 3.67. The Bertz CT molecular complexity index is 474. The SMILES string of the molecule is Cc1cc(F)c(Br)cc1NC(=O)N1CCCOCC1. The Hall–Kier alpha value is -1.14. The molecule has 1 heterocycles. The number of urea groups is 1. The minimum Gasteiger partial charge on any atom is -0.380 e. The van der Waals surface area contributed by atoms with Crippen molar-refractivity contribution in [1.82, 2.24) is 4.90 Å². The number of rotatable bonds is 1. The molecule has 19 heavy (non-hydrogen) atoms. The van der Waals surface area contributed by atoms with Crippen molar-refractivity contribution in [3.63, 3.8) is 0 Å². The lowest BCUT2D eigenvalue weighted by Crippen LogP contribution is -2.36. The van der Waals surface area contributed by atoms with E-state index in [0.29, 0.717) is 42.0 Å². The van der Waals surface area contributed by atoms with Crippen LogP contribution in [0.2, 0.25) is 0 Å². The fourth-order valence-electron chi connectivity index (χ4n) is 1.92. The minimum absolute atomic E-state index is 0.174. The normalized spacial score (nSPS) is 16.1. The van der Waals surface area contributed by atoms with Crippen molar-refractivity contribution in [3.05, 3.63) is 28.0 Å². The highest BCUT2D eigenvalue weighted by Crippen LogP contribution is 2.24. The van der Waals surface area contributed by atoms with Crippen LogP contribution in [0.4, 0.5) is 14.9 Å². The first-order valence-corrected chi connectivity index (χ1v) is 6.96. The Morgan fingerprint density at radius 1 is 1.42 bits per heavy atom. The summed E-state index contributed by atoms with van der Waals surface area (Å²) in [6, 6.07) is 2.80. The molecule has 6 heteroatoms. The number of hydrogen-bond acceptors (Lipinski definition) is 2. The van der Waals surface area contributed by atoms with Crippen molar-refractivity contribution in [2.45, 2.75) is 13.3 Å². The van der Waals surface area contributed by atoms with Gasteiger partial charge in [-0.15, -0.1) is 0 Å². The third-order valence-electron chi connectivity index (χ3n) is 3.02. The zero-order chi connectivity index (χ0) is 13.8. The summed E-state index contributed by atoms with van der Waals surface area (Å²) in [4.78, 5) is 13.8. The number of amides is 2. The van der Waals surface area contributed by atoms with Crippen molar-refractivity contribution >= 4 is 27.6 Å². The van der Waals surface area contributed by atoms with Crippen molar-refractivity contribution in [2.75, 3.05) is 31.6 Å². The summed E-state index contributed by atoms with van der Waals surface area (Å²) in [7, 11) is 0. The van der Waals surface area contributed by atoms with E-state index in [-0.39, 0.29) is 11.8 Å². The predicted molar refractivity (Wildman–Crippen MR) is 74.9 cm³/mol. The molecule has 0 atom stereocenters. The lowest BCUT2D eigenvalue weighted by Gasteiger charge is -2.21. The van der Waals surface area contributed by atoms with Crippen molar-refractivity contribution in [3.8, 4) is 0 Å². The molecule has 2 amide bonds.